The number of hydrogen-bond donors (Lipinski definition) is 8. The number of nitrogens with one attached hydrogen (secondary N) is 4. The van der Waals surface area contributed by atoms with Gasteiger partial charge in [0.15, 0.2) is 9.84 Å². The summed E-state index contributed by atoms with van der Waals surface area (Å²) in [6.07, 6.45) is 28.0. The van der Waals surface area contributed by atoms with Gasteiger partial charge in [-0.05, 0) is 302 Å². The van der Waals surface area contributed by atoms with Crippen molar-refractivity contribution in [3.05, 3.63) is 24.7 Å². The third-order valence-corrected chi connectivity index (χ3v) is 30.1. The van der Waals surface area contributed by atoms with E-state index in [-0.39, 0.29) is 105 Å². The normalized spacial score (nSPS) is 19.3. The number of nitrogens with two attached hydrogens (primary N) is 2. The van der Waals surface area contributed by atoms with Crippen LogP contribution < -0.4 is 30.5 Å². The molecule has 0 bridgehead atoms. The fourth-order valence-electron chi connectivity index (χ4n) is 16.6. The number of amides is 3. The lowest BCUT2D eigenvalue weighted by molar-refractivity contribution is -0.139. The minimum atomic E-state index is -3.60. The van der Waals surface area contributed by atoms with Gasteiger partial charge in [0.25, 0.3) is 0 Å². The molecule has 7 fully saturated rings. The summed E-state index contributed by atoms with van der Waals surface area (Å²) in [6.45, 7) is 103. The number of rotatable bonds is 25. The Hall–Kier alpha value is -4.32. The Morgan fingerprint density at radius 3 is 1.19 bits per heavy atom. The number of carbonyl (C=O) groups excluding carboxylic acids is 5. The van der Waals surface area contributed by atoms with Gasteiger partial charge in [0.2, 0.25) is 17.7 Å². The number of hydroxylamine groups is 1. The van der Waals surface area contributed by atoms with Crippen molar-refractivity contribution in [2.24, 2.45) is 99.5 Å². The van der Waals surface area contributed by atoms with E-state index in [1.807, 2.05) is 104 Å². The molecule has 7 rings (SSSR count). The molecule has 3 amide bonds. The topological polar surface area (TPSA) is 383 Å². The maximum Gasteiger partial charge on any atom is 0.303 e. The first-order valence-electron chi connectivity index (χ1n) is 54.1. The molecule has 10 N–H and O–H groups in total. The molecule has 4 atom stereocenters. The highest BCUT2D eigenvalue weighted by Gasteiger charge is 2.35. The minimum absolute atomic E-state index is 0. The SMILES string of the molecule is C.C.C.C.C=C(N)NOCCC(C)(C)C.C=C(O)C1CCC(C(C)(C)C)CC1.C=S(=O)(NC(=O)CC(C)(C)C)N(C)C.C=S(N)(=O)NC(=O)CC(C)(C)C.CC(=O)CS(=O)(=O)CC(C)(C)C.CC(C)(C)CC(=O)NS(=O)(=O)N1CCCC1.CC(C)(C)CC(=O)O.CC(C)(C)CC1CCCOC1.CC(C)(C)CCN1CCCC(=O)C1.CC(C)(C)CCN1CCCC1.CCCN1CCC(C(C)(C)C)CC1.CN1CCCC1CC(C)(C)C. The lowest BCUT2D eigenvalue weighted by Crippen LogP contribution is -2.42. The summed E-state index contributed by atoms with van der Waals surface area (Å²) in [5, 5.41) is 22.6. The van der Waals surface area contributed by atoms with Crippen LogP contribution in [0, 0.1) is 88.7 Å². The average Bonchev–Trinajstić information content (AvgIpc) is 1.50. The summed E-state index contributed by atoms with van der Waals surface area (Å²) < 4.78 is 83.2. The second kappa shape index (κ2) is 74.9. The minimum Gasteiger partial charge on any atom is -0.513 e. The Morgan fingerprint density at radius 2 is 0.866 bits per heavy atom. The third-order valence-electron chi connectivity index (χ3n) is 24.1. The predicted octanol–water partition coefficient (Wildman–Crippen LogP) is 25.1. The van der Waals surface area contributed by atoms with Crippen molar-refractivity contribution in [1.29, 1.82) is 0 Å². The van der Waals surface area contributed by atoms with Crippen LogP contribution in [-0.2, 0) is 78.2 Å². The summed E-state index contributed by atoms with van der Waals surface area (Å²) in [5.74, 6) is 8.43. The molecule has 149 heavy (non-hydrogen) atoms. The van der Waals surface area contributed by atoms with Crippen LogP contribution >= 0.6 is 0 Å². The molecule has 0 radical (unpaired) electrons. The highest BCUT2D eigenvalue weighted by Crippen LogP contribution is 2.42. The van der Waals surface area contributed by atoms with Gasteiger partial charge < -0.3 is 35.4 Å². The molecule has 32 heteroatoms. The highest BCUT2D eigenvalue weighted by molar-refractivity contribution is 7.97. The Morgan fingerprint density at radius 1 is 0.470 bits per heavy atom. The van der Waals surface area contributed by atoms with Gasteiger partial charge >= 0.3 is 16.2 Å². The molecule has 6 heterocycles. The number of carbonyl (C=O) groups is 6. The molecule has 1 saturated carbocycles. The number of likely N-dealkylation sites (tertiary alicyclic amines) is 4. The maximum absolute atomic E-state index is 11.7. The number of sulfone groups is 1. The third kappa shape index (κ3) is 106. The number of allylic oxidation sites excluding steroid dienone is 1. The van der Waals surface area contributed by atoms with Gasteiger partial charge in [0.05, 0.1) is 31.1 Å². The van der Waals surface area contributed by atoms with Crippen molar-refractivity contribution in [3.63, 3.8) is 0 Å². The quantitative estimate of drug-likeness (QED) is 0.0182. The van der Waals surface area contributed by atoms with Crippen molar-refractivity contribution in [2.75, 3.05) is 131 Å². The monoisotopic (exact) mass is 2210 g/mol. The van der Waals surface area contributed by atoms with Crippen molar-refractivity contribution < 1.29 is 73.8 Å². The van der Waals surface area contributed by atoms with Gasteiger partial charge in [0.1, 0.15) is 42.9 Å². The van der Waals surface area contributed by atoms with Gasteiger partial charge in [-0.3, -0.25) is 53.4 Å². The summed E-state index contributed by atoms with van der Waals surface area (Å²) in [6, 6.07) is 0.856. The van der Waals surface area contributed by atoms with Crippen molar-refractivity contribution >= 4 is 86.8 Å². The standard InChI is InChI=1S/C12H25N.C12H22O.C11H21NO.C10H20N2O3S.2C10H21N.C10H20O.C9H20N2O2S.C8H18N2O.C8H16O3S.C7H16N2O2S.C6H12O2.4CH4/c1-5-8-13-9-6-11(7-10-13)12(2,3)4;1-9(13)10-5-7-11(8-6-10)12(2,3)4;1-11(2,3)6-8-12-7-4-5-10(13)9-12;1-10(2,3)8-9(13)11-16(14,15)12-6-4-5-7-12;1-10(2,3)8-9-6-5-7-11(9)4;1-10(2,3)6-9-11-7-4-5-8-11;1-10(2,3)7-9-5-4-6-11-8-9;1-9(2,3)7-8(12)10-14(6,13)11(4)5;1-7(9)10-11-6-5-8(2,3)4;1-7(9)5-12(10,11)6-8(2,3)4;1-7(2,3)5-6(10)9-12(4,8)11;1-6(2,3)4-5(7)8;;;;/h11H,5-10H2,1-4H3;10-11,13H,1,5-8H2,2-4H3;4-9H2,1-3H3;4-8H2,1-3H3,(H,11,13);9H,5-8H2,1-4H3;4-9H2,1-3H3;9H,4-8H2,1-3H3;6-7H2,1-5H3,(H,10,12,13);10H,1,5-6,9H2,2-4H3;5-6H2,1-4H3;4-5H2,1-3H3,(H3,8,9,10,11);4H2,1-3H3,(H,7,8);4*1H4. The van der Waals surface area contributed by atoms with Crippen LogP contribution in [0.15, 0.2) is 24.7 Å². The largest absolute Gasteiger partial charge is 0.513 e. The lowest BCUT2D eigenvalue weighted by atomic mass is 9.69. The number of carboxylic acid groups (broad SMARTS) is 1. The van der Waals surface area contributed by atoms with Gasteiger partial charge in [-0.1, -0.05) is 299 Å². The van der Waals surface area contributed by atoms with Gasteiger partial charge in [0, 0.05) is 78.0 Å². The van der Waals surface area contributed by atoms with E-state index >= 15 is 0 Å². The first-order chi connectivity index (χ1) is 64.9. The first-order valence-corrected chi connectivity index (χ1v) is 60.8. The molecule has 0 aromatic rings. The van der Waals surface area contributed by atoms with Gasteiger partial charge in [-0.25, -0.2) is 31.0 Å². The Balaban J connectivity index is -0.000000205. The molecule has 6 saturated heterocycles. The summed E-state index contributed by atoms with van der Waals surface area (Å²) in [5.41, 5.74) is 10.1. The van der Waals surface area contributed by atoms with Gasteiger partial charge in [-0.15, -0.1) is 0 Å². The number of aliphatic carboxylic acids is 1. The first kappa shape index (κ1) is 162. The van der Waals surface area contributed by atoms with Crippen molar-refractivity contribution in [1.82, 2.24) is 47.9 Å². The molecular weight excluding hydrogens is 1960 g/mol. The number of nitrogens with zero attached hydrogens (tertiary/aromatic N) is 6. The van der Waals surface area contributed by atoms with E-state index < -0.39 is 51.7 Å². The Bertz CT molecular complexity index is 4080. The lowest BCUT2D eigenvalue weighted by Gasteiger charge is -2.38. The van der Waals surface area contributed by atoms with Crippen LogP contribution in [0.5, 0.6) is 0 Å². The number of ether oxygens (including phenoxy) is 1. The zero-order valence-corrected chi connectivity index (χ0v) is 104. The summed E-state index contributed by atoms with van der Waals surface area (Å²) >= 11 is 0. The molecule has 28 nitrogen and oxygen atoms in total. The van der Waals surface area contributed by atoms with Crippen molar-refractivity contribution in [2.45, 2.75) is 466 Å². The number of ketones is 2. The maximum atomic E-state index is 11.7. The Labute approximate surface area is 923 Å². The fourth-order valence-corrected chi connectivity index (χ4v) is 21.0. The van der Waals surface area contributed by atoms with Crippen LogP contribution in [0.3, 0.4) is 0 Å². The van der Waals surface area contributed by atoms with Crippen LogP contribution in [0.4, 0.5) is 0 Å². The molecule has 0 spiro atoms. The van der Waals surface area contributed by atoms with E-state index in [0.29, 0.717) is 93.8 Å². The smallest absolute Gasteiger partial charge is 0.303 e. The molecule has 6 aliphatic heterocycles. The number of carboxylic acids is 1. The number of aliphatic hydroxyl groups excluding tert-OH is 1. The summed E-state index contributed by atoms with van der Waals surface area (Å²) in [4.78, 5) is 80.7. The fraction of sp³-hybridized carbons (Fsp3) is 0.897. The Kier molecular flexibility index (Phi) is 81.5. The second-order valence-corrected chi connectivity index (χ2v) is 63.8. The van der Waals surface area contributed by atoms with E-state index in [2.05, 4.69) is 224 Å². The summed E-state index contributed by atoms with van der Waals surface area (Å²) in [7, 11) is -6.83. The molecular formula is C117H248N12O16S4. The van der Waals surface area contributed by atoms with Gasteiger partial charge in [-0.2, -0.15) is 12.7 Å². The van der Waals surface area contributed by atoms with Crippen LogP contribution in [0.2, 0.25) is 0 Å². The predicted molar refractivity (Wildman–Crippen MR) is 646 cm³/mol. The molecule has 4 unspecified atom stereocenters. The van der Waals surface area contributed by atoms with Crippen molar-refractivity contribution in [3.8, 4) is 0 Å². The second-order valence-electron chi connectivity index (χ2n) is 56.2. The van der Waals surface area contributed by atoms with Crippen LogP contribution in [0.1, 0.15) is 460 Å². The molecule has 1 aliphatic carbocycles. The number of Topliss-reactive ketones (excluding diaryl/α,β-unsaturated/α-hetero) is 2. The number of piperidine rings is 2. The van der Waals surface area contributed by atoms with Crippen LogP contribution in [-0.4, -0.2) is 248 Å². The van der Waals surface area contributed by atoms with E-state index in [1.54, 1.807) is 14.1 Å². The molecule has 0 aromatic carbocycles. The van der Waals surface area contributed by atoms with E-state index in [0.717, 1.165) is 95.0 Å². The van der Waals surface area contributed by atoms with E-state index in [9.17, 15) is 59.1 Å². The highest BCUT2D eigenvalue weighted by atomic mass is 32.2. The molecule has 0 aromatic heterocycles. The molecule has 896 valence electrons. The van der Waals surface area contributed by atoms with E-state index in [1.165, 1.54) is 158 Å². The number of aliphatic hydroxyl groups is 1. The molecule has 7 aliphatic rings. The zero-order chi connectivity index (χ0) is 115. The van der Waals surface area contributed by atoms with Crippen LogP contribution in [0.25, 0.3) is 0 Å². The van der Waals surface area contributed by atoms with E-state index in [4.69, 9.17) is 25.6 Å². The zero-order valence-electron chi connectivity index (χ0n) is 101. The number of hydrogen-bond acceptors (Lipinski definition) is 21. The average molecular weight is 2210 g/mol.